The van der Waals surface area contributed by atoms with Crippen LogP contribution in [0.2, 0.25) is 0 Å². The quantitative estimate of drug-likeness (QED) is 0.841. The van der Waals surface area contributed by atoms with Gasteiger partial charge in [-0.2, -0.15) is 0 Å². The summed E-state index contributed by atoms with van der Waals surface area (Å²) in [7, 11) is 3.75. The third-order valence-electron chi connectivity index (χ3n) is 3.32. The fourth-order valence-electron chi connectivity index (χ4n) is 2.18. The number of morpholine rings is 1. The lowest BCUT2D eigenvalue weighted by molar-refractivity contribution is -0.0256. The molecule has 2 rings (SSSR count). The molecule has 0 saturated carbocycles. The molecule has 0 radical (unpaired) electrons. The fourth-order valence-corrected chi connectivity index (χ4v) is 2.62. The van der Waals surface area contributed by atoms with Crippen LogP contribution >= 0.6 is 15.9 Å². The summed E-state index contributed by atoms with van der Waals surface area (Å²) in [6.07, 6.45) is 0.947. The number of hydrogen-bond acceptors (Lipinski definition) is 6. The van der Waals surface area contributed by atoms with Crippen molar-refractivity contribution in [3.8, 4) is 0 Å². The first-order valence-corrected chi connectivity index (χ1v) is 8.04. The molecule has 1 unspecified atom stereocenters. The molecule has 118 valence electrons. The minimum absolute atomic E-state index is 0.0883. The lowest BCUT2D eigenvalue weighted by Crippen LogP contribution is -2.36. The van der Waals surface area contributed by atoms with Gasteiger partial charge < -0.3 is 19.7 Å². The number of methoxy groups -OCH3 is 1. The molecule has 2 heterocycles. The zero-order chi connectivity index (χ0) is 15.2. The van der Waals surface area contributed by atoms with Gasteiger partial charge in [-0.05, 0) is 29.4 Å². The van der Waals surface area contributed by atoms with Gasteiger partial charge in [-0.3, -0.25) is 0 Å². The van der Waals surface area contributed by atoms with Gasteiger partial charge in [0.25, 0.3) is 0 Å². The maximum absolute atomic E-state index is 5.82. The molecule has 1 fully saturated rings. The minimum Gasteiger partial charge on any atom is -0.378 e. The molecule has 1 N–H and O–H groups in total. The molecule has 0 bridgehead atoms. The Hall–Kier alpha value is -0.760. The highest BCUT2D eigenvalue weighted by Crippen LogP contribution is 2.28. The van der Waals surface area contributed by atoms with Crippen molar-refractivity contribution in [2.45, 2.75) is 26.1 Å². The number of anilines is 1. The Bertz CT molecular complexity index is 473. The summed E-state index contributed by atoms with van der Waals surface area (Å²) in [6, 6.07) is 0. The van der Waals surface area contributed by atoms with E-state index in [1.54, 1.807) is 7.11 Å². The monoisotopic (exact) mass is 358 g/mol. The van der Waals surface area contributed by atoms with Gasteiger partial charge in [0.1, 0.15) is 11.9 Å². The van der Waals surface area contributed by atoms with Crippen molar-refractivity contribution >= 4 is 21.7 Å². The van der Waals surface area contributed by atoms with Crippen LogP contribution in [-0.2, 0) is 16.1 Å². The van der Waals surface area contributed by atoms with E-state index in [9.17, 15) is 0 Å². The Balaban J connectivity index is 2.28. The average molecular weight is 359 g/mol. The first kappa shape index (κ1) is 16.6. The van der Waals surface area contributed by atoms with Crippen LogP contribution in [0.4, 0.5) is 5.82 Å². The number of halogens is 1. The van der Waals surface area contributed by atoms with Gasteiger partial charge >= 0.3 is 0 Å². The van der Waals surface area contributed by atoms with Gasteiger partial charge in [0.15, 0.2) is 5.82 Å². The van der Waals surface area contributed by atoms with E-state index in [2.05, 4.69) is 50.1 Å². The third-order valence-corrected chi connectivity index (χ3v) is 4.15. The topological polar surface area (TPSA) is 59.5 Å². The molecule has 0 aliphatic carbocycles. The molecule has 0 spiro atoms. The third kappa shape index (κ3) is 4.35. The number of aromatic nitrogens is 2. The van der Waals surface area contributed by atoms with E-state index < -0.39 is 0 Å². The summed E-state index contributed by atoms with van der Waals surface area (Å²) >= 11 is 3.56. The predicted octanol–water partition coefficient (Wildman–Crippen LogP) is 2.21. The lowest BCUT2D eigenvalue weighted by Gasteiger charge is -2.29. The van der Waals surface area contributed by atoms with Gasteiger partial charge in [0.05, 0.1) is 23.4 Å². The molecule has 7 heteroatoms. The van der Waals surface area contributed by atoms with Gasteiger partial charge in [0, 0.05) is 26.7 Å². The van der Waals surface area contributed by atoms with Crippen molar-refractivity contribution in [3.63, 3.8) is 0 Å². The number of likely N-dealkylation sites (N-methyl/N-ethyl adjacent to an activating group) is 1. The van der Waals surface area contributed by atoms with Crippen LogP contribution in [0, 0.1) is 0 Å². The van der Waals surface area contributed by atoms with Crippen LogP contribution in [0.1, 0.15) is 31.0 Å². The number of hydrogen-bond donors (Lipinski definition) is 1. The molecule has 1 saturated heterocycles. The van der Waals surface area contributed by atoms with Crippen molar-refractivity contribution in [2.75, 3.05) is 45.7 Å². The fraction of sp³-hybridized carbons (Fsp3) is 0.714. The molecule has 1 aliphatic heterocycles. The predicted molar refractivity (Wildman–Crippen MR) is 85.4 cm³/mol. The highest BCUT2D eigenvalue weighted by molar-refractivity contribution is 9.10. The summed E-state index contributed by atoms with van der Waals surface area (Å²) in [4.78, 5) is 11.5. The second-order valence-corrected chi connectivity index (χ2v) is 5.97. The number of nitrogens with zero attached hydrogens (tertiary/aromatic N) is 3. The molecule has 6 nitrogen and oxygen atoms in total. The summed E-state index contributed by atoms with van der Waals surface area (Å²) in [6.45, 7) is 5.89. The molecule has 0 amide bonds. The minimum atomic E-state index is -0.0883. The smallest absolute Gasteiger partial charge is 0.161 e. The van der Waals surface area contributed by atoms with Gasteiger partial charge in [-0.1, -0.05) is 6.92 Å². The maximum Gasteiger partial charge on any atom is 0.161 e. The summed E-state index contributed by atoms with van der Waals surface area (Å²) in [5.41, 5.74) is 0.845. The van der Waals surface area contributed by atoms with E-state index in [1.807, 2.05) is 0 Å². The lowest BCUT2D eigenvalue weighted by atomic mass is 10.2. The van der Waals surface area contributed by atoms with Crippen molar-refractivity contribution in [1.29, 1.82) is 0 Å². The van der Waals surface area contributed by atoms with Crippen molar-refractivity contribution in [3.05, 3.63) is 16.0 Å². The van der Waals surface area contributed by atoms with Crippen LogP contribution in [-0.4, -0.2) is 55.3 Å². The van der Waals surface area contributed by atoms with Gasteiger partial charge in [0.2, 0.25) is 0 Å². The SMILES string of the molecule is CCCNc1nc(C2CN(C)CCO2)nc(COC)c1Br. The maximum atomic E-state index is 5.82. The van der Waals surface area contributed by atoms with Gasteiger partial charge in [-0.25, -0.2) is 9.97 Å². The highest BCUT2D eigenvalue weighted by atomic mass is 79.9. The largest absolute Gasteiger partial charge is 0.378 e. The van der Waals surface area contributed by atoms with Crippen LogP contribution in [0.15, 0.2) is 4.47 Å². The molecular formula is C14H23BrN4O2. The van der Waals surface area contributed by atoms with Crippen LogP contribution in [0.5, 0.6) is 0 Å². The zero-order valence-electron chi connectivity index (χ0n) is 12.9. The van der Waals surface area contributed by atoms with Crippen LogP contribution in [0.3, 0.4) is 0 Å². The second kappa shape index (κ2) is 8.03. The number of nitrogens with one attached hydrogen (secondary N) is 1. The Morgan fingerprint density at radius 3 is 2.95 bits per heavy atom. The second-order valence-electron chi connectivity index (χ2n) is 5.17. The standard InChI is InChI=1S/C14H23BrN4O2/c1-4-5-16-14-12(15)10(9-20-3)17-13(18-14)11-8-19(2)6-7-21-11/h11H,4-9H2,1-3H3,(H,16,17,18). The van der Waals surface area contributed by atoms with E-state index in [-0.39, 0.29) is 6.10 Å². The van der Waals surface area contributed by atoms with Gasteiger partial charge in [-0.15, -0.1) is 0 Å². The van der Waals surface area contributed by atoms with Crippen molar-refractivity contribution in [2.24, 2.45) is 0 Å². The van der Waals surface area contributed by atoms with Crippen LogP contribution < -0.4 is 5.32 Å². The molecule has 21 heavy (non-hydrogen) atoms. The Morgan fingerprint density at radius 1 is 1.48 bits per heavy atom. The van der Waals surface area contributed by atoms with E-state index in [0.29, 0.717) is 13.2 Å². The number of rotatable bonds is 6. The molecule has 1 aliphatic rings. The van der Waals surface area contributed by atoms with Crippen molar-refractivity contribution < 1.29 is 9.47 Å². The van der Waals surface area contributed by atoms with Crippen molar-refractivity contribution in [1.82, 2.24) is 14.9 Å². The summed E-state index contributed by atoms with van der Waals surface area (Å²) < 4.78 is 11.9. The van der Waals surface area contributed by atoms with E-state index in [4.69, 9.17) is 9.47 Å². The molecule has 1 aromatic rings. The zero-order valence-corrected chi connectivity index (χ0v) is 14.4. The molecule has 1 atom stereocenters. The average Bonchev–Trinajstić information content (AvgIpc) is 2.48. The molecule has 1 aromatic heterocycles. The summed E-state index contributed by atoms with van der Waals surface area (Å²) in [5.74, 6) is 1.53. The Labute approximate surface area is 134 Å². The highest BCUT2D eigenvalue weighted by Gasteiger charge is 2.24. The van der Waals surface area contributed by atoms with Crippen LogP contribution in [0.25, 0.3) is 0 Å². The Morgan fingerprint density at radius 2 is 2.29 bits per heavy atom. The Kier molecular flexibility index (Phi) is 6.35. The molecular weight excluding hydrogens is 336 g/mol. The first-order chi connectivity index (χ1) is 10.2. The first-order valence-electron chi connectivity index (χ1n) is 7.25. The summed E-state index contributed by atoms with van der Waals surface area (Å²) in [5, 5.41) is 3.33. The van der Waals surface area contributed by atoms with E-state index >= 15 is 0 Å². The van der Waals surface area contributed by atoms with E-state index in [0.717, 1.165) is 47.9 Å². The number of ether oxygens (including phenoxy) is 2. The molecule has 0 aromatic carbocycles. The van der Waals surface area contributed by atoms with E-state index in [1.165, 1.54) is 0 Å². The normalized spacial score (nSPS) is 19.7.